The summed E-state index contributed by atoms with van der Waals surface area (Å²) in [7, 11) is 0. The third-order valence-electron chi connectivity index (χ3n) is 3.68. The molecule has 5 nitrogen and oxygen atoms in total. The smallest absolute Gasteiger partial charge is 0.243 e. The van der Waals surface area contributed by atoms with Gasteiger partial charge in [-0.1, -0.05) is 36.2 Å². The van der Waals surface area contributed by atoms with E-state index in [-0.39, 0.29) is 5.88 Å². The Hall–Kier alpha value is -2.16. The average molecular weight is 349 g/mol. The zero-order chi connectivity index (χ0) is 16.6. The van der Waals surface area contributed by atoms with Crippen molar-refractivity contribution in [2.24, 2.45) is 5.73 Å². The van der Waals surface area contributed by atoms with Gasteiger partial charge in [-0.25, -0.2) is 0 Å². The molecule has 0 aliphatic carbocycles. The lowest BCUT2D eigenvalue weighted by Gasteiger charge is -2.22. The molecule has 0 amide bonds. The Morgan fingerprint density at radius 2 is 2.17 bits per heavy atom. The molecule has 2 aromatic rings. The van der Waals surface area contributed by atoms with E-state index in [9.17, 15) is 5.26 Å². The Morgan fingerprint density at radius 1 is 1.39 bits per heavy atom. The monoisotopic (exact) mass is 348 g/mol. The average Bonchev–Trinajstić information content (AvgIpc) is 2.91. The van der Waals surface area contributed by atoms with Gasteiger partial charge in [-0.15, -0.1) is 0 Å². The lowest BCUT2D eigenvalue weighted by Crippen LogP contribution is -2.21. The van der Waals surface area contributed by atoms with Gasteiger partial charge in [0.1, 0.15) is 17.5 Å². The molecule has 1 unspecified atom stereocenters. The van der Waals surface area contributed by atoms with Crippen molar-refractivity contribution < 1.29 is 4.74 Å². The van der Waals surface area contributed by atoms with Gasteiger partial charge >= 0.3 is 0 Å². The van der Waals surface area contributed by atoms with Crippen LogP contribution >= 0.6 is 23.2 Å². The van der Waals surface area contributed by atoms with Gasteiger partial charge in [0.05, 0.1) is 21.7 Å². The van der Waals surface area contributed by atoms with Gasteiger partial charge in [0.15, 0.2) is 0 Å². The molecule has 1 aromatic heterocycles. The Balaban J connectivity index is 2.16. The summed E-state index contributed by atoms with van der Waals surface area (Å²) >= 11 is 12.1. The first kappa shape index (κ1) is 15.7. The van der Waals surface area contributed by atoms with Crippen LogP contribution in [0.5, 0.6) is 5.88 Å². The molecule has 0 saturated heterocycles. The number of nitrogens with two attached hydrogens (primary N) is 1. The maximum Gasteiger partial charge on any atom is 0.243 e. The highest BCUT2D eigenvalue weighted by Crippen LogP contribution is 2.41. The minimum atomic E-state index is -0.406. The first-order valence-corrected chi connectivity index (χ1v) is 7.92. The Labute approximate surface area is 143 Å². The lowest BCUT2D eigenvalue weighted by molar-refractivity contribution is 0.379. The van der Waals surface area contributed by atoms with Crippen molar-refractivity contribution >= 4 is 23.2 Å². The standard InChI is InChI=1S/C16H14Cl2N4O/c1-2-3-12-21-14-13(8-4-5-10(17)11(18)6-8)9(7-19)15(20)23-16(14)22-12/h4-6,13H,2-3,20H2,1H3,(H,21,22). The highest BCUT2D eigenvalue weighted by Gasteiger charge is 2.33. The van der Waals surface area contributed by atoms with E-state index in [0.29, 0.717) is 27.2 Å². The summed E-state index contributed by atoms with van der Waals surface area (Å²) in [6, 6.07) is 7.37. The number of fused-ring (bicyclic) bond motifs is 1. The molecule has 1 aromatic carbocycles. The van der Waals surface area contributed by atoms with E-state index in [0.717, 1.165) is 24.2 Å². The second kappa shape index (κ2) is 6.15. The molecule has 0 fully saturated rings. The van der Waals surface area contributed by atoms with Crippen molar-refractivity contribution in [3.8, 4) is 11.9 Å². The molecule has 1 aliphatic heterocycles. The number of aromatic amines is 1. The molecule has 23 heavy (non-hydrogen) atoms. The summed E-state index contributed by atoms with van der Waals surface area (Å²) < 4.78 is 5.50. The van der Waals surface area contributed by atoms with Gasteiger partial charge in [-0.3, -0.25) is 0 Å². The zero-order valence-electron chi connectivity index (χ0n) is 12.4. The van der Waals surface area contributed by atoms with Crippen LogP contribution in [-0.4, -0.2) is 9.97 Å². The number of aryl methyl sites for hydroxylation is 1. The number of ether oxygens (including phenoxy) is 1. The fraction of sp³-hybridized carbons (Fsp3) is 0.250. The number of aromatic nitrogens is 2. The van der Waals surface area contributed by atoms with E-state index >= 15 is 0 Å². The van der Waals surface area contributed by atoms with E-state index in [1.165, 1.54) is 0 Å². The van der Waals surface area contributed by atoms with E-state index in [4.69, 9.17) is 33.7 Å². The number of H-pyrrole nitrogens is 1. The summed E-state index contributed by atoms with van der Waals surface area (Å²) in [6.07, 6.45) is 1.73. The van der Waals surface area contributed by atoms with E-state index in [2.05, 4.69) is 23.0 Å². The topological polar surface area (TPSA) is 87.7 Å². The Morgan fingerprint density at radius 3 is 2.83 bits per heavy atom. The maximum absolute atomic E-state index is 9.49. The summed E-state index contributed by atoms with van der Waals surface area (Å²) in [4.78, 5) is 7.66. The van der Waals surface area contributed by atoms with Crippen LogP contribution in [0.2, 0.25) is 10.0 Å². The summed E-state index contributed by atoms with van der Waals surface area (Å²) in [5.41, 5.74) is 7.73. The van der Waals surface area contributed by atoms with Crippen molar-refractivity contribution in [2.75, 3.05) is 0 Å². The summed E-state index contributed by atoms with van der Waals surface area (Å²) in [5.74, 6) is 0.859. The summed E-state index contributed by atoms with van der Waals surface area (Å²) in [6.45, 7) is 2.06. The summed E-state index contributed by atoms with van der Waals surface area (Å²) in [5, 5.41) is 10.4. The van der Waals surface area contributed by atoms with Crippen LogP contribution in [0.1, 0.15) is 36.3 Å². The Bertz CT molecular complexity index is 835. The fourth-order valence-electron chi connectivity index (χ4n) is 2.64. The van der Waals surface area contributed by atoms with Crippen molar-refractivity contribution in [1.82, 2.24) is 9.97 Å². The molecule has 0 saturated carbocycles. The number of benzene rings is 1. The number of nitriles is 1. The van der Waals surface area contributed by atoms with Crippen LogP contribution in [0, 0.1) is 11.3 Å². The minimum Gasteiger partial charge on any atom is -0.420 e. The van der Waals surface area contributed by atoms with Gasteiger partial charge in [0.2, 0.25) is 11.8 Å². The zero-order valence-corrected chi connectivity index (χ0v) is 13.9. The number of hydrogen-bond acceptors (Lipinski definition) is 4. The first-order chi connectivity index (χ1) is 11.0. The fourth-order valence-corrected chi connectivity index (χ4v) is 2.95. The molecule has 3 rings (SSSR count). The van der Waals surface area contributed by atoms with E-state index < -0.39 is 5.92 Å². The van der Waals surface area contributed by atoms with Crippen LogP contribution in [0.4, 0.5) is 0 Å². The lowest BCUT2D eigenvalue weighted by atomic mass is 9.88. The maximum atomic E-state index is 9.49. The number of nitrogens with one attached hydrogen (secondary N) is 1. The number of imidazole rings is 1. The largest absolute Gasteiger partial charge is 0.420 e. The molecule has 0 bridgehead atoms. The molecule has 1 atom stereocenters. The van der Waals surface area contributed by atoms with Gasteiger partial charge in [0.25, 0.3) is 0 Å². The van der Waals surface area contributed by atoms with Crippen LogP contribution in [0.3, 0.4) is 0 Å². The predicted octanol–water partition coefficient (Wildman–Crippen LogP) is 3.89. The SMILES string of the molecule is CCCc1nc2c([nH]1)C(c1ccc(Cl)c(Cl)c1)C(C#N)=C(N)O2. The molecular weight excluding hydrogens is 335 g/mol. The number of allylic oxidation sites excluding steroid dienone is 1. The van der Waals surface area contributed by atoms with Gasteiger partial charge in [-0.05, 0) is 24.1 Å². The first-order valence-electron chi connectivity index (χ1n) is 7.16. The quantitative estimate of drug-likeness (QED) is 0.880. The van der Waals surface area contributed by atoms with E-state index in [1.54, 1.807) is 12.1 Å². The van der Waals surface area contributed by atoms with E-state index in [1.807, 2.05) is 6.07 Å². The molecule has 7 heteroatoms. The van der Waals surface area contributed by atoms with Crippen molar-refractivity contribution in [3.05, 3.63) is 56.8 Å². The second-order valence-corrected chi connectivity index (χ2v) is 6.07. The molecule has 118 valence electrons. The van der Waals surface area contributed by atoms with Crippen molar-refractivity contribution in [1.29, 1.82) is 5.26 Å². The number of nitrogens with zero attached hydrogens (tertiary/aromatic N) is 2. The van der Waals surface area contributed by atoms with Crippen molar-refractivity contribution in [2.45, 2.75) is 25.7 Å². The minimum absolute atomic E-state index is 0.0608. The van der Waals surface area contributed by atoms with Gasteiger partial charge in [-0.2, -0.15) is 10.2 Å². The predicted molar refractivity (Wildman–Crippen MR) is 88.3 cm³/mol. The van der Waals surface area contributed by atoms with Crippen LogP contribution in [0.25, 0.3) is 0 Å². The third-order valence-corrected chi connectivity index (χ3v) is 4.42. The number of halogens is 2. The third kappa shape index (κ3) is 2.76. The highest BCUT2D eigenvalue weighted by atomic mass is 35.5. The number of rotatable bonds is 3. The second-order valence-electron chi connectivity index (χ2n) is 5.25. The molecule has 0 radical (unpaired) electrons. The number of hydrogen-bond donors (Lipinski definition) is 2. The van der Waals surface area contributed by atoms with Crippen LogP contribution in [0.15, 0.2) is 29.7 Å². The normalized spacial score (nSPS) is 16.7. The van der Waals surface area contributed by atoms with Gasteiger partial charge < -0.3 is 15.5 Å². The molecule has 1 aliphatic rings. The molecule has 2 heterocycles. The molecular formula is C16H14Cl2N4O. The molecule has 3 N–H and O–H groups in total. The van der Waals surface area contributed by atoms with Crippen LogP contribution in [-0.2, 0) is 6.42 Å². The van der Waals surface area contributed by atoms with Crippen molar-refractivity contribution in [3.63, 3.8) is 0 Å². The highest BCUT2D eigenvalue weighted by molar-refractivity contribution is 6.42. The molecule has 0 spiro atoms. The van der Waals surface area contributed by atoms with Crippen LogP contribution < -0.4 is 10.5 Å². The van der Waals surface area contributed by atoms with Gasteiger partial charge in [0, 0.05) is 6.42 Å². The Kier molecular flexibility index (Phi) is 4.20.